The summed E-state index contributed by atoms with van der Waals surface area (Å²) in [6, 6.07) is 0. The summed E-state index contributed by atoms with van der Waals surface area (Å²) >= 11 is 0. The zero-order chi connectivity index (χ0) is 63.3. The van der Waals surface area contributed by atoms with E-state index in [4.69, 9.17) is 18.9 Å². The Morgan fingerprint density at radius 1 is 0.356 bits per heavy atom. The second kappa shape index (κ2) is 66.9. The molecule has 0 radical (unpaired) electrons. The average Bonchev–Trinajstić information content (AvgIpc) is 3.55. The first kappa shape index (κ1) is 81.9. The predicted molar refractivity (Wildman–Crippen MR) is 373 cm³/mol. The Labute approximate surface area is 534 Å². The molecular weight excluding hydrogens is 1080 g/mol. The maximum Gasteiger partial charge on any atom is 0.361 e. The van der Waals surface area contributed by atoms with Crippen molar-refractivity contribution in [2.24, 2.45) is 0 Å². The topological polar surface area (TPSA) is 108 Å². The number of hydrogen-bond acceptors (Lipinski definition) is 7. The van der Waals surface area contributed by atoms with E-state index in [0.717, 1.165) is 128 Å². The van der Waals surface area contributed by atoms with Crippen LogP contribution in [0.4, 0.5) is 0 Å². The zero-order valence-corrected chi connectivity index (χ0v) is 56.1. The average molecular weight is 1210 g/mol. The highest BCUT2D eigenvalue weighted by atomic mass is 16.7. The van der Waals surface area contributed by atoms with Crippen molar-refractivity contribution in [1.82, 2.24) is 0 Å². The molecule has 9 heteroatoms. The number of unbranched alkanes of at least 4 members (excludes halogenated alkanes) is 21. The molecule has 87 heavy (non-hydrogen) atoms. The van der Waals surface area contributed by atoms with Gasteiger partial charge < -0.3 is 28.5 Å². The molecule has 0 aliphatic carbocycles. The Kier molecular flexibility index (Phi) is 62.9. The van der Waals surface area contributed by atoms with Crippen LogP contribution in [-0.2, 0) is 33.3 Å². The summed E-state index contributed by atoms with van der Waals surface area (Å²) in [4.78, 5) is 37.6. The van der Waals surface area contributed by atoms with Crippen molar-refractivity contribution >= 4 is 17.9 Å². The number of hydrogen-bond donors (Lipinski definition) is 1. The third-order valence-corrected chi connectivity index (χ3v) is 14.3. The maximum atomic E-state index is 12.9. The third kappa shape index (κ3) is 68.3. The van der Waals surface area contributed by atoms with Gasteiger partial charge in [-0.1, -0.05) is 275 Å². The summed E-state index contributed by atoms with van der Waals surface area (Å²) in [6.07, 6.45) is 96.3. The van der Waals surface area contributed by atoms with Gasteiger partial charge in [0.1, 0.15) is 13.2 Å². The molecule has 1 N–H and O–H groups in total. The number of carboxylic acid groups (broad SMARTS) is 1. The van der Waals surface area contributed by atoms with E-state index in [1.54, 1.807) is 0 Å². The molecule has 0 saturated heterocycles. The lowest BCUT2D eigenvalue weighted by Gasteiger charge is -2.25. The van der Waals surface area contributed by atoms with Gasteiger partial charge in [0.15, 0.2) is 6.10 Å². The SMILES string of the molecule is CC/C=C\C/C=C\C/C=C\C/C=C\C/C=C\C/C=C\C/C=C\C/C=C\C/C=C\C/C=C\C/C=C\CCCCCCCC(=O)OC(COC(=O)CCCCCCCCCCCCC/C=C\C/C=C\CCCCCCC)COC(OCC[N+](C)(C)C)C(=O)O. The van der Waals surface area contributed by atoms with Crippen LogP contribution in [0.5, 0.6) is 0 Å². The molecule has 0 aromatic carbocycles. The van der Waals surface area contributed by atoms with Crippen LogP contribution in [0, 0.1) is 0 Å². The van der Waals surface area contributed by atoms with Gasteiger partial charge in [-0.25, -0.2) is 4.79 Å². The van der Waals surface area contributed by atoms with Crippen molar-refractivity contribution in [3.8, 4) is 0 Å². The smallest absolute Gasteiger partial charge is 0.361 e. The summed E-state index contributed by atoms with van der Waals surface area (Å²) in [5, 5.41) is 9.74. The summed E-state index contributed by atoms with van der Waals surface area (Å²) in [6.45, 7) is 4.72. The molecule has 0 aromatic rings. The number of quaternary nitrogens is 1. The molecule has 0 fully saturated rings. The van der Waals surface area contributed by atoms with Crippen molar-refractivity contribution in [2.45, 2.75) is 270 Å². The summed E-state index contributed by atoms with van der Waals surface area (Å²) in [5.74, 6) is -2.05. The number of ether oxygens (including phenoxy) is 4. The Hall–Kier alpha value is -5.09. The van der Waals surface area contributed by atoms with E-state index >= 15 is 0 Å². The van der Waals surface area contributed by atoms with E-state index < -0.39 is 24.3 Å². The van der Waals surface area contributed by atoms with Gasteiger partial charge in [-0.15, -0.1) is 0 Å². The van der Waals surface area contributed by atoms with E-state index in [-0.39, 0.29) is 38.6 Å². The van der Waals surface area contributed by atoms with Gasteiger partial charge in [0.2, 0.25) is 0 Å². The van der Waals surface area contributed by atoms with Crippen molar-refractivity contribution < 1.29 is 42.9 Å². The standard InChI is InChI=1S/C78H127NO8/c1-6-8-10-12-14-16-18-20-22-24-26-28-30-31-32-33-34-35-36-37-38-39-40-41-42-43-44-45-47-49-51-53-55-57-59-61-63-65-67-69-76(81)87-74(73-86-78(77(82)83)84-71-70-79(3,4)5)72-85-75(80)68-66-64-62-60-58-56-54-52-50-48-46-29-27-25-23-21-19-17-15-13-11-9-7-2/h8,10,14,16,19-22,25-28,31-32,34-35,37-38,40-41,43-44,47,49,53,55,74,78H,6-7,9,11-13,15,17-18,23-24,29-30,33,36,39,42,45-46,48,50-52,54,56-73H2,1-5H3/p+1/b10-8-,16-14-,21-19-,22-20-,27-25-,28-26-,32-31-,35-34-,38-37-,41-40-,44-43-,49-47-,55-53-. The molecule has 492 valence electrons. The number of allylic oxidation sites excluding steroid dienone is 26. The van der Waals surface area contributed by atoms with Gasteiger partial charge in [-0.2, -0.15) is 0 Å². The Morgan fingerprint density at radius 3 is 0.977 bits per heavy atom. The van der Waals surface area contributed by atoms with E-state index in [9.17, 15) is 19.5 Å². The highest BCUT2D eigenvalue weighted by Gasteiger charge is 2.25. The minimum Gasteiger partial charge on any atom is -0.477 e. The number of carbonyl (C=O) groups excluding carboxylic acids is 2. The van der Waals surface area contributed by atoms with Crippen molar-refractivity contribution in [2.75, 3.05) is 47.5 Å². The van der Waals surface area contributed by atoms with Gasteiger partial charge in [-0.3, -0.25) is 9.59 Å². The monoisotopic (exact) mass is 1210 g/mol. The quantitative estimate of drug-likeness (QED) is 0.0211. The largest absolute Gasteiger partial charge is 0.477 e. The number of rotatable bonds is 62. The van der Waals surface area contributed by atoms with Crippen LogP contribution in [0.3, 0.4) is 0 Å². The summed E-state index contributed by atoms with van der Waals surface area (Å²) < 4.78 is 22.9. The first-order valence-electron chi connectivity index (χ1n) is 34.6. The normalized spacial score (nSPS) is 13.7. The molecule has 0 amide bonds. The van der Waals surface area contributed by atoms with Crippen molar-refractivity contribution in [3.63, 3.8) is 0 Å². The minimum atomic E-state index is -1.53. The zero-order valence-electron chi connectivity index (χ0n) is 56.1. The number of carboxylic acids is 1. The summed E-state index contributed by atoms with van der Waals surface area (Å²) in [5.41, 5.74) is 0. The molecule has 9 nitrogen and oxygen atoms in total. The van der Waals surface area contributed by atoms with Crippen LogP contribution in [-0.4, -0.2) is 87.4 Å². The number of carbonyl (C=O) groups is 3. The van der Waals surface area contributed by atoms with Gasteiger partial charge >= 0.3 is 17.9 Å². The molecule has 0 aliphatic rings. The van der Waals surface area contributed by atoms with Crippen molar-refractivity contribution in [3.05, 3.63) is 158 Å². The molecule has 0 saturated carbocycles. The second-order valence-electron chi connectivity index (χ2n) is 23.7. The Balaban J connectivity index is 4.24. The van der Waals surface area contributed by atoms with Gasteiger partial charge in [-0.05, 0) is 128 Å². The molecule has 0 spiro atoms. The predicted octanol–water partition coefficient (Wildman–Crippen LogP) is 21.7. The van der Waals surface area contributed by atoms with E-state index in [2.05, 4.69) is 172 Å². The molecular formula is C78H128NO8+. The van der Waals surface area contributed by atoms with Crippen LogP contribution < -0.4 is 0 Å². The number of likely N-dealkylation sites (N-methyl/N-ethyl adjacent to an activating group) is 1. The molecule has 0 aromatic heterocycles. The lowest BCUT2D eigenvalue weighted by molar-refractivity contribution is -0.870. The van der Waals surface area contributed by atoms with Gasteiger partial charge in [0, 0.05) is 12.8 Å². The van der Waals surface area contributed by atoms with Gasteiger partial charge in [0.05, 0.1) is 34.4 Å². The lowest BCUT2D eigenvalue weighted by Crippen LogP contribution is -2.40. The van der Waals surface area contributed by atoms with Crippen LogP contribution in [0.2, 0.25) is 0 Å². The molecule has 2 atom stereocenters. The fourth-order valence-corrected chi connectivity index (χ4v) is 8.99. The van der Waals surface area contributed by atoms with Crippen LogP contribution in [0.15, 0.2) is 158 Å². The van der Waals surface area contributed by atoms with Crippen molar-refractivity contribution in [1.29, 1.82) is 0 Å². The van der Waals surface area contributed by atoms with E-state index in [1.807, 2.05) is 21.1 Å². The molecule has 0 aliphatic heterocycles. The maximum absolute atomic E-state index is 12.9. The third-order valence-electron chi connectivity index (χ3n) is 14.3. The fourth-order valence-electron chi connectivity index (χ4n) is 8.99. The van der Waals surface area contributed by atoms with E-state index in [0.29, 0.717) is 17.4 Å². The number of nitrogens with zero attached hydrogens (tertiary/aromatic N) is 1. The van der Waals surface area contributed by atoms with E-state index in [1.165, 1.54) is 96.3 Å². The highest BCUT2D eigenvalue weighted by molar-refractivity contribution is 5.71. The fraction of sp³-hybridized carbons (Fsp3) is 0.628. The minimum absolute atomic E-state index is 0.175. The van der Waals surface area contributed by atoms with Crippen LogP contribution >= 0.6 is 0 Å². The Bertz CT molecular complexity index is 1990. The number of aliphatic carboxylic acids is 1. The molecule has 2 unspecified atom stereocenters. The van der Waals surface area contributed by atoms with Crippen LogP contribution in [0.25, 0.3) is 0 Å². The molecule has 0 rings (SSSR count). The lowest BCUT2D eigenvalue weighted by atomic mass is 10.0. The first-order valence-corrected chi connectivity index (χ1v) is 34.6. The molecule has 0 bridgehead atoms. The number of esters is 2. The second-order valence-corrected chi connectivity index (χ2v) is 23.7. The summed E-state index contributed by atoms with van der Waals surface area (Å²) in [7, 11) is 5.96. The highest BCUT2D eigenvalue weighted by Crippen LogP contribution is 2.15. The van der Waals surface area contributed by atoms with Gasteiger partial charge in [0.25, 0.3) is 6.29 Å². The first-order chi connectivity index (χ1) is 42.6. The Morgan fingerprint density at radius 2 is 0.655 bits per heavy atom. The van der Waals surface area contributed by atoms with Crippen LogP contribution in [0.1, 0.15) is 258 Å². The molecule has 0 heterocycles.